The molecule has 0 radical (unpaired) electrons. The van der Waals surface area contributed by atoms with E-state index in [-0.39, 0.29) is 46.9 Å². The highest BCUT2D eigenvalue weighted by Gasteiger charge is 2.52. The van der Waals surface area contributed by atoms with Crippen LogP contribution in [0.3, 0.4) is 0 Å². The number of nitrogens with zero attached hydrogens (tertiary/aromatic N) is 2. The Morgan fingerprint density at radius 3 is 2.79 bits per heavy atom. The van der Waals surface area contributed by atoms with Crippen LogP contribution in [0.5, 0.6) is 0 Å². The van der Waals surface area contributed by atoms with Gasteiger partial charge >= 0.3 is 6.03 Å². The van der Waals surface area contributed by atoms with E-state index in [1.165, 1.54) is 30.0 Å². The molecule has 220 valence electrons. The Kier molecular flexibility index (Phi) is 7.77. The summed E-state index contributed by atoms with van der Waals surface area (Å²) in [5.74, 6) is -2.61. The van der Waals surface area contributed by atoms with Gasteiger partial charge in [0.05, 0.1) is 22.4 Å². The lowest BCUT2D eigenvalue weighted by Gasteiger charge is -2.45. The summed E-state index contributed by atoms with van der Waals surface area (Å²) in [5.41, 5.74) is 1.70. The third kappa shape index (κ3) is 5.07. The molecule has 4 amide bonds. The van der Waals surface area contributed by atoms with Crippen molar-refractivity contribution in [3.8, 4) is 11.1 Å². The summed E-state index contributed by atoms with van der Waals surface area (Å²) in [7, 11) is 1.58. The first-order valence-electron chi connectivity index (χ1n) is 13.8. The van der Waals surface area contributed by atoms with E-state index in [2.05, 4.69) is 22.5 Å². The maximum atomic E-state index is 14.6. The van der Waals surface area contributed by atoms with Crippen molar-refractivity contribution >= 4 is 35.3 Å². The largest absolute Gasteiger partial charge is 0.380 e. The first-order chi connectivity index (χ1) is 20.3. The molecule has 0 spiro atoms. The van der Waals surface area contributed by atoms with Crippen LogP contribution in [0.15, 0.2) is 65.7 Å². The second-order valence-electron chi connectivity index (χ2n) is 10.8. The summed E-state index contributed by atoms with van der Waals surface area (Å²) in [6.07, 6.45) is 2.21. The molecule has 9 nitrogen and oxygen atoms in total. The van der Waals surface area contributed by atoms with Crippen molar-refractivity contribution in [2.24, 2.45) is 5.92 Å². The van der Waals surface area contributed by atoms with Crippen LogP contribution in [-0.4, -0.2) is 73.1 Å². The molecular weight excluding hydrogens is 564 g/mol. The van der Waals surface area contributed by atoms with Gasteiger partial charge in [0.2, 0.25) is 5.91 Å². The molecule has 0 saturated carbocycles. The Labute approximate surface area is 246 Å². The summed E-state index contributed by atoms with van der Waals surface area (Å²) in [4.78, 5) is 43.2. The van der Waals surface area contributed by atoms with Gasteiger partial charge in [-0.15, -0.1) is 0 Å². The molecule has 12 heteroatoms. The molecule has 0 aromatic heterocycles. The molecule has 3 saturated heterocycles. The van der Waals surface area contributed by atoms with Crippen molar-refractivity contribution in [3.63, 3.8) is 0 Å². The maximum absolute atomic E-state index is 14.6. The van der Waals surface area contributed by atoms with Gasteiger partial charge in [-0.05, 0) is 49.2 Å². The van der Waals surface area contributed by atoms with E-state index in [1.54, 1.807) is 41.2 Å². The van der Waals surface area contributed by atoms with Crippen LogP contribution in [0.25, 0.3) is 11.1 Å². The highest BCUT2D eigenvalue weighted by molar-refractivity contribution is 8.04. The van der Waals surface area contributed by atoms with Crippen molar-refractivity contribution in [1.82, 2.24) is 20.9 Å². The van der Waals surface area contributed by atoms with Crippen LogP contribution in [0.4, 0.5) is 19.3 Å². The highest BCUT2D eigenvalue weighted by Crippen LogP contribution is 2.48. The van der Waals surface area contributed by atoms with Crippen LogP contribution in [0, 0.1) is 17.6 Å². The Hall–Kier alpha value is -3.74. The minimum absolute atomic E-state index is 0.111. The molecule has 5 atom stereocenters. The Morgan fingerprint density at radius 2 is 2.00 bits per heavy atom. The minimum atomic E-state index is -0.945. The number of likely N-dealkylation sites (tertiary alicyclic amines) is 1. The fourth-order valence-electron chi connectivity index (χ4n) is 6.36. The van der Waals surface area contributed by atoms with Crippen molar-refractivity contribution in [3.05, 3.63) is 77.4 Å². The van der Waals surface area contributed by atoms with Crippen LogP contribution in [0.2, 0.25) is 0 Å². The Morgan fingerprint density at radius 1 is 1.19 bits per heavy atom. The summed E-state index contributed by atoms with van der Waals surface area (Å²) in [6.45, 7) is 4.95. The van der Waals surface area contributed by atoms with E-state index in [9.17, 15) is 23.2 Å². The zero-order chi connectivity index (χ0) is 29.5. The van der Waals surface area contributed by atoms with Gasteiger partial charge in [0.1, 0.15) is 0 Å². The third-order valence-corrected chi connectivity index (χ3v) is 9.66. The van der Waals surface area contributed by atoms with Gasteiger partial charge in [-0.25, -0.2) is 13.6 Å². The molecule has 0 bridgehead atoms. The predicted molar refractivity (Wildman–Crippen MR) is 155 cm³/mol. The van der Waals surface area contributed by atoms with Gasteiger partial charge in [0.15, 0.2) is 11.6 Å². The molecule has 4 heterocycles. The average molecular weight is 596 g/mol. The van der Waals surface area contributed by atoms with E-state index in [0.717, 1.165) is 6.07 Å². The fraction of sp³-hybridized carbons (Fsp3) is 0.367. The molecular formula is C30H31F2N5O4S. The third-order valence-electron chi connectivity index (χ3n) is 8.30. The number of piperidine rings is 2. The first kappa shape index (κ1) is 28.4. The van der Waals surface area contributed by atoms with Gasteiger partial charge in [0.25, 0.3) is 5.91 Å². The van der Waals surface area contributed by atoms with Crippen LogP contribution < -0.4 is 20.9 Å². The van der Waals surface area contributed by atoms with E-state index >= 15 is 0 Å². The monoisotopic (exact) mass is 595 g/mol. The summed E-state index contributed by atoms with van der Waals surface area (Å²) < 4.78 is 34.0. The molecule has 3 unspecified atom stereocenters. The number of anilines is 1. The summed E-state index contributed by atoms with van der Waals surface area (Å²) in [6, 6.07) is 9.89. The van der Waals surface area contributed by atoms with Crippen molar-refractivity contribution < 1.29 is 27.9 Å². The number of amides is 4. The van der Waals surface area contributed by atoms with Gasteiger partial charge in [0, 0.05) is 49.1 Å². The molecule has 3 fully saturated rings. The molecule has 4 aliphatic rings. The van der Waals surface area contributed by atoms with E-state index < -0.39 is 17.7 Å². The molecule has 2 aromatic rings. The highest BCUT2D eigenvalue weighted by atomic mass is 32.2. The molecule has 6 rings (SSSR count). The fourth-order valence-corrected chi connectivity index (χ4v) is 7.76. The molecule has 0 aliphatic carbocycles. The number of rotatable bonds is 6. The number of hydrogen-bond donors (Lipinski definition) is 3. The second kappa shape index (κ2) is 11.5. The maximum Gasteiger partial charge on any atom is 0.326 e. The zero-order valence-electron chi connectivity index (χ0n) is 22.9. The van der Waals surface area contributed by atoms with Crippen LogP contribution in [0.1, 0.15) is 12.8 Å². The number of carbonyl (C=O) groups excluding carboxylic acids is 3. The SMILES string of the molecule is C=CC(=O)N1C[C@H](NC(=O)C2=C3NC(=O)N(c4cccc(-c5cccc(F)c5F)c4)C4CCNC(S2)C34)C[C@H](OC)C1. The number of methoxy groups -OCH3 is 1. The number of urea groups is 1. The number of carbonyl (C=O) groups is 3. The summed E-state index contributed by atoms with van der Waals surface area (Å²) >= 11 is 1.38. The quantitative estimate of drug-likeness (QED) is 0.443. The zero-order valence-corrected chi connectivity index (χ0v) is 23.8. The predicted octanol–water partition coefficient (Wildman–Crippen LogP) is 3.34. The number of hydrogen-bond acceptors (Lipinski definition) is 6. The number of benzene rings is 2. The standard InChI is InChI=1S/C30H31F2N5O4S/c1-3-23(38)36-14-17(13-19(15-36)41-2)34-28(39)27-26-24-22(10-11-33-29(24)42-27)37(30(40)35-26)18-7-4-6-16(12-18)20-8-5-9-21(31)25(20)32/h3-9,12,17,19,22,24,29,33H,1,10-11,13-15H2,2H3,(H,34,39)(H,35,40)/t17-,19+,22?,24?,29?/m1/s1. The second-order valence-corrected chi connectivity index (χ2v) is 11.9. The lowest BCUT2D eigenvalue weighted by molar-refractivity contribution is -0.131. The topological polar surface area (TPSA) is 103 Å². The average Bonchev–Trinajstić information content (AvgIpc) is 3.37. The normalized spacial score (nSPS) is 26.9. The first-order valence-corrected chi connectivity index (χ1v) is 14.7. The van der Waals surface area contributed by atoms with Gasteiger partial charge in [-0.3, -0.25) is 14.5 Å². The van der Waals surface area contributed by atoms with Crippen molar-refractivity contribution in [2.45, 2.75) is 36.4 Å². The molecule has 3 N–H and O–H groups in total. The van der Waals surface area contributed by atoms with Crippen LogP contribution in [-0.2, 0) is 14.3 Å². The van der Waals surface area contributed by atoms with Crippen LogP contribution >= 0.6 is 11.8 Å². The van der Waals surface area contributed by atoms with Gasteiger partial charge in [-0.2, -0.15) is 0 Å². The Balaban J connectivity index is 1.26. The number of halogens is 2. The lowest BCUT2D eigenvalue weighted by atomic mass is 9.86. The van der Waals surface area contributed by atoms with Crippen molar-refractivity contribution in [2.75, 3.05) is 31.6 Å². The minimum Gasteiger partial charge on any atom is -0.380 e. The summed E-state index contributed by atoms with van der Waals surface area (Å²) in [5, 5.41) is 9.36. The van der Waals surface area contributed by atoms with Gasteiger partial charge in [-0.1, -0.05) is 42.6 Å². The molecule has 4 aliphatic heterocycles. The van der Waals surface area contributed by atoms with Gasteiger partial charge < -0.3 is 25.6 Å². The number of nitrogens with one attached hydrogen (secondary N) is 3. The van der Waals surface area contributed by atoms with Crippen molar-refractivity contribution in [1.29, 1.82) is 0 Å². The number of thioether (sulfide) groups is 1. The Bertz CT molecular complexity index is 1490. The van der Waals surface area contributed by atoms with E-state index in [4.69, 9.17) is 4.74 Å². The molecule has 2 aromatic carbocycles. The lowest BCUT2D eigenvalue weighted by Crippen LogP contribution is -2.62. The van der Waals surface area contributed by atoms with E-state index in [1.807, 2.05) is 0 Å². The van der Waals surface area contributed by atoms with E-state index in [0.29, 0.717) is 54.3 Å². The molecule has 42 heavy (non-hydrogen) atoms. The number of ether oxygens (including phenoxy) is 1. The smallest absolute Gasteiger partial charge is 0.326 e.